The molecule has 1 aliphatic heterocycles. The lowest BCUT2D eigenvalue weighted by Gasteiger charge is -2.28. The molecule has 0 amide bonds. The van der Waals surface area contributed by atoms with Gasteiger partial charge >= 0.3 is 0 Å². The smallest absolute Gasteiger partial charge is 0.170 e. The number of halogens is 2. The average molecular weight is 507 g/mol. The van der Waals surface area contributed by atoms with Gasteiger partial charge in [-0.05, 0) is 73.6 Å². The monoisotopic (exact) mass is 506 g/mol. The molecule has 1 aliphatic rings. The summed E-state index contributed by atoms with van der Waals surface area (Å²) in [4.78, 5) is 6.93. The number of hydrogen-bond acceptors (Lipinski definition) is 2. The molecule has 4 aromatic rings. The molecule has 5 rings (SSSR count). The highest BCUT2D eigenvalue weighted by Crippen LogP contribution is 2.42. The van der Waals surface area contributed by atoms with Gasteiger partial charge in [0.05, 0.1) is 28.5 Å². The van der Waals surface area contributed by atoms with E-state index in [1.165, 1.54) is 11.1 Å². The maximum absolute atomic E-state index is 6.60. The molecular weight excluding hydrogens is 483 g/mol. The second kappa shape index (κ2) is 9.41. The fraction of sp³-hybridized carbons (Fsp3) is 0.185. The van der Waals surface area contributed by atoms with Crippen LogP contribution in [0.25, 0.3) is 5.69 Å². The Kier molecular flexibility index (Phi) is 6.34. The molecule has 1 N–H and O–H groups in total. The number of aromatic nitrogens is 2. The molecule has 7 heteroatoms. The van der Waals surface area contributed by atoms with E-state index in [0.29, 0.717) is 16.6 Å². The second-order valence-electron chi connectivity index (χ2n) is 8.50. The van der Waals surface area contributed by atoms with Gasteiger partial charge < -0.3 is 14.8 Å². The number of rotatable bonds is 5. The Hall–Kier alpha value is -2.86. The van der Waals surface area contributed by atoms with E-state index < -0.39 is 0 Å². The number of aryl methyl sites for hydroxylation is 1. The first-order valence-corrected chi connectivity index (χ1v) is 12.3. The number of hydrogen-bond donors (Lipinski definition) is 1. The number of pyridine rings is 1. The van der Waals surface area contributed by atoms with Gasteiger partial charge in [-0.3, -0.25) is 4.98 Å². The second-order valence-corrected chi connectivity index (χ2v) is 9.73. The van der Waals surface area contributed by atoms with Crippen LogP contribution >= 0.6 is 35.4 Å². The van der Waals surface area contributed by atoms with E-state index in [1.54, 1.807) is 6.07 Å². The Morgan fingerprint density at radius 3 is 2.44 bits per heavy atom. The summed E-state index contributed by atoms with van der Waals surface area (Å²) in [5.41, 5.74) is 6.45. The summed E-state index contributed by atoms with van der Waals surface area (Å²) in [6, 6.07) is 24.1. The van der Waals surface area contributed by atoms with Crippen LogP contribution in [0.4, 0.5) is 0 Å². The zero-order valence-corrected chi connectivity index (χ0v) is 21.2. The van der Waals surface area contributed by atoms with Crippen LogP contribution in [0.2, 0.25) is 10.0 Å². The van der Waals surface area contributed by atoms with Crippen LogP contribution < -0.4 is 5.32 Å². The fourth-order valence-corrected chi connectivity index (χ4v) is 5.61. The van der Waals surface area contributed by atoms with Gasteiger partial charge in [0.25, 0.3) is 0 Å². The van der Waals surface area contributed by atoms with Crippen molar-refractivity contribution in [3.8, 4) is 5.69 Å². The molecule has 0 aliphatic carbocycles. The van der Waals surface area contributed by atoms with Crippen LogP contribution in [0.15, 0.2) is 79.0 Å². The summed E-state index contributed by atoms with van der Waals surface area (Å²) in [5, 5.41) is 5.50. The molecule has 2 aromatic heterocycles. The maximum Gasteiger partial charge on any atom is 0.170 e. The third-order valence-electron chi connectivity index (χ3n) is 6.33. The molecule has 172 valence electrons. The molecule has 1 saturated heterocycles. The van der Waals surface area contributed by atoms with Crippen molar-refractivity contribution in [1.29, 1.82) is 0 Å². The minimum absolute atomic E-state index is 0.0337. The molecule has 1 fully saturated rings. The minimum Gasteiger partial charge on any atom is -0.352 e. The standard InChI is InChI=1S/C27H24Cl2N4S/c1-17-14-21(18(2)33(17)24-12-11-20(28)15-22(24)29)26-25(23-10-6-7-13-30-23)31-27(34)32(26)16-19-8-4-3-5-9-19/h3-15,25-26H,16H2,1-2H3,(H,31,34)/t25-,26-/m0/s1. The van der Waals surface area contributed by atoms with E-state index in [-0.39, 0.29) is 12.1 Å². The molecular formula is C27H24Cl2N4S. The van der Waals surface area contributed by atoms with Gasteiger partial charge in [0, 0.05) is 29.2 Å². The summed E-state index contributed by atoms with van der Waals surface area (Å²) in [5.74, 6) is 0. The van der Waals surface area contributed by atoms with Crippen LogP contribution in [0.1, 0.15) is 40.3 Å². The van der Waals surface area contributed by atoms with Gasteiger partial charge in [-0.1, -0.05) is 59.6 Å². The largest absolute Gasteiger partial charge is 0.352 e. The van der Waals surface area contributed by atoms with Crippen molar-refractivity contribution >= 4 is 40.5 Å². The number of nitrogens with zero attached hydrogens (tertiary/aromatic N) is 3. The predicted molar refractivity (Wildman–Crippen MR) is 143 cm³/mol. The van der Waals surface area contributed by atoms with Crippen molar-refractivity contribution < 1.29 is 0 Å². The van der Waals surface area contributed by atoms with Crippen LogP contribution in [0, 0.1) is 13.8 Å². The summed E-state index contributed by atoms with van der Waals surface area (Å²) < 4.78 is 2.19. The summed E-state index contributed by atoms with van der Waals surface area (Å²) in [6.07, 6.45) is 1.83. The van der Waals surface area contributed by atoms with Crippen LogP contribution in [0.3, 0.4) is 0 Å². The lowest BCUT2D eigenvalue weighted by Crippen LogP contribution is -2.29. The molecule has 0 spiro atoms. The van der Waals surface area contributed by atoms with Crippen LogP contribution in [-0.2, 0) is 6.54 Å². The lowest BCUT2D eigenvalue weighted by atomic mass is 9.96. The van der Waals surface area contributed by atoms with Gasteiger partial charge in [-0.2, -0.15) is 0 Å². The quantitative estimate of drug-likeness (QED) is 0.296. The van der Waals surface area contributed by atoms with E-state index in [0.717, 1.165) is 27.9 Å². The molecule has 0 unspecified atom stereocenters. The summed E-state index contributed by atoms with van der Waals surface area (Å²) in [6.45, 7) is 4.93. The number of thiocarbonyl (C=S) groups is 1. The molecule has 0 saturated carbocycles. The average Bonchev–Trinajstić information content (AvgIpc) is 3.30. The number of nitrogens with one attached hydrogen (secondary N) is 1. The van der Waals surface area contributed by atoms with Crippen molar-refractivity contribution in [3.63, 3.8) is 0 Å². The van der Waals surface area contributed by atoms with E-state index >= 15 is 0 Å². The Bertz CT molecular complexity index is 1340. The first-order valence-electron chi connectivity index (χ1n) is 11.1. The highest BCUT2D eigenvalue weighted by atomic mass is 35.5. The first-order chi connectivity index (χ1) is 16.4. The Balaban J connectivity index is 1.63. The number of benzene rings is 2. The van der Waals surface area contributed by atoms with Crippen molar-refractivity contribution in [3.05, 3.63) is 117 Å². The zero-order chi connectivity index (χ0) is 23.8. The predicted octanol–water partition coefficient (Wildman–Crippen LogP) is 6.97. The van der Waals surface area contributed by atoms with Crippen molar-refractivity contribution in [2.75, 3.05) is 0 Å². The fourth-order valence-electron chi connectivity index (χ4n) is 4.81. The minimum atomic E-state index is -0.0768. The molecule has 0 radical (unpaired) electrons. The molecule has 34 heavy (non-hydrogen) atoms. The maximum atomic E-state index is 6.60. The normalized spacial score (nSPS) is 17.8. The van der Waals surface area contributed by atoms with Crippen LogP contribution in [-0.4, -0.2) is 19.6 Å². The molecule has 2 aromatic carbocycles. The van der Waals surface area contributed by atoms with Crippen molar-refractivity contribution in [2.45, 2.75) is 32.5 Å². The van der Waals surface area contributed by atoms with Gasteiger partial charge in [-0.15, -0.1) is 0 Å². The Morgan fingerprint density at radius 1 is 0.971 bits per heavy atom. The Morgan fingerprint density at radius 2 is 1.74 bits per heavy atom. The lowest BCUT2D eigenvalue weighted by molar-refractivity contribution is 0.310. The van der Waals surface area contributed by atoms with Gasteiger partial charge in [-0.25, -0.2) is 0 Å². The summed E-state index contributed by atoms with van der Waals surface area (Å²) >= 11 is 18.6. The molecule has 4 nitrogen and oxygen atoms in total. The topological polar surface area (TPSA) is 33.1 Å². The first kappa shape index (κ1) is 22.9. The van der Waals surface area contributed by atoms with Gasteiger partial charge in [0.1, 0.15) is 0 Å². The molecule has 2 atom stereocenters. The third kappa shape index (κ3) is 4.20. The highest BCUT2D eigenvalue weighted by Gasteiger charge is 2.41. The van der Waals surface area contributed by atoms with Crippen LogP contribution in [0.5, 0.6) is 0 Å². The van der Waals surface area contributed by atoms with E-state index in [4.69, 9.17) is 35.4 Å². The molecule has 0 bridgehead atoms. The van der Waals surface area contributed by atoms with Gasteiger partial charge in [0.2, 0.25) is 0 Å². The Labute approximate surface area is 215 Å². The van der Waals surface area contributed by atoms with Gasteiger partial charge in [0.15, 0.2) is 5.11 Å². The van der Waals surface area contributed by atoms with E-state index in [1.807, 2.05) is 36.5 Å². The molecule has 3 heterocycles. The van der Waals surface area contributed by atoms with Crippen molar-refractivity contribution in [2.24, 2.45) is 0 Å². The van der Waals surface area contributed by atoms with Crippen molar-refractivity contribution in [1.82, 2.24) is 19.8 Å². The van der Waals surface area contributed by atoms with E-state index in [9.17, 15) is 0 Å². The summed E-state index contributed by atoms with van der Waals surface area (Å²) in [7, 11) is 0. The van der Waals surface area contributed by atoms with E-state index in [2.05, 4.69) is 70.0 Å². The SMILES string of the molecule is Cc1cc([C@H]2[C@H](c3ccccn3)NC(=S)N2Cc2ccccc2)c(C)n1-c1ccc(Cl)cc1Cl. The zero-order valence-electron chi connectivity index (χ0n) is 18.9. The highest BCUT2D eigenvalue weighted by molar-refractivity contribution is 7.80. The third-order valence-corrected chi connectivity index (χ3v) is 7.22.